The number of benzene rings is 1. The van der Waals surface area contributed by atoms with Gasteiger partial charge in [0.25, 0.3) is 11.8 Å². The van der Waals surface area contributed by atoms with Crippen LogP contribution in [0.15, 0.2) is 24.3 Å². The minimum absolute atomic E-state index is 0.0554. The fourth-order valence-corrected chi connectivity index (χ4v) is 4.18. The second kappa shape index (κ2) is 7.66. The monoisotopic (exact) mass is 360 g/mol. The molecule has 3 rings (SSSR count). The smallest absolute Gasteiger partial charge is 0.254 e. The van der Waals surface area contributed by atoms with Gasteiger partial charge >= 0.3 is 0 Å². The highest BCUT2D eigenvalue weighted by Crippen LogP contribution is 2.36. The van der Waals surface area contributed by atoms with E-state index in [2.05, 4.69) is 0 Å². The lowest BCUT2D eigenvalue weighted by Crippen LogP contribution is -2.70. The Hall–Kier alpha value is -2.08. The summed E-state index contributed by atoms with van der Waals surface area (Å²) < 4.78 is 10.6. The molecule has 0 radical (unpaired) electrons. The zero-order valence-corrected chi connectivity index (χ0v) is 16.0. The van der Waals surface area contributed by atoms with Crippen molar-refractivity contribution in [1.29, 1.82) is 0 Å². The summed E-state index contributed by atoms with van der Waals surface area (Å²) in [5, 5.41) is 0. The largest absolute Gasteiger partial charge is 0.497 e. The number of methoxy groups -OCH3 is 2. The molecule has 6 heteroatoms. The lowest BCUT2D eigenvalue weighted by atomic mass is 9.79. The van der Waals surface area contributed by atoms with E-state index in [0.29, 0.717) is 24.6 Å². The minimum atomic E-state index is -0.328. The second-order valence-electron chi connectivity index (χ2n) is 7.34. The molecule has 2 amide bonds. The summed E-state index contributed by atoms with van der Waals surface area (Å²) in [4.78, 5) is 28.8. The molecule has 2 saturated heterocycles. The maximum absolute atomic E-state index is 12.7. The van der Waals surface area contributed by atoms with E-state index in [9.17, 15) is 9.59 Å². The van der Waals surface area contributed by atoms with Crippen LogP contribution in [0.2, 0.25) is 0 Å². The molecule has 0 saturated carbocycles. The first-order valence-electron chi connectivity index (χ1n) is 9.26. The highest BCUT2D eigenvalue weighted by molar-refractivity contribution is 5.94. The van der Waals surface area contributed by atoms with Gasteiger partial charge in [-0.1, -0.05) is 0 Å². The maximum Gasteiger partial charge on any atom is 0.254 e. The zero-order chi connectivity index (χ0) is 18.8. The maximum atomic E-state index is 12.7. The van der Waals surface area contributed by atoms with Crippen molar-refractivity contribution >= 4 is 11.8 Å². The molecule has 1 aromatic rings. The standard InChI is InChI=1S/C20H28N2O4/c1-13(2)22-17(18(26-4)20(22)24)14-9-11-21(12-10-14)19(23)15-5-7-16(25-3)8-6-15/h5-8,13-14,17-18H,9-12H2,1-4H3/t17-,18+/m0/s1. The number of hydrogen-bond donors (Lipinski definition) is 0. The van der Waals surface area contributed by atoms with E-state index in [0.717, 1.165) is 18.6 Å². The molecule has 26 heavy (non-hydrogen) atoms. The molecule has 0 N–H and O–H groups in total. The fraction of sp³-hybridized carbons (Fsp3) is 0.600. The summed E-state index contributed by atoms with van der Waals surface area (Å²) in [6.07, 6.45) is 1.46. The van der Waals surface area contributed by atoms with Crippen molar-refractivity contribution in [3.05, 3.63) is 29.8 Å². The second-order valence-corrected chi connectivity index (χ2v) is 7.34. The van der Waals surface area contributed by atoms with Gasteiger partial charge < -0.3 is 19.3 Å². The Bertz CT molecular complexity index is 650. The van der Waals surface area contributed by atoms with Crippen molar-refractivity contribution in [3.63, 3.8) is 0 Å². The molecule has 0 unspecified atom stereocenters. The minimum Gasteiger partial charge on any atom is -0.497 e. The Balaban J connectivity index is 1.61. The van der Waals surface area contributed by atoms with Crippen LogP contribution in [0, 0.1) is 5.92 Å². The molecule has 2 aliphatic heterocycles. The van der Waals surface area contributed by atoms with Crippen LogP contribution in [0.4, 0.5) is 0 Å². The number of piperidine rings is 1. The first kappa shape index (κ1) is 18.7. The molecule has 2 fully saturated rings. The number of nitrogens with zero attached hydrogens (tertiary/aromatic N) is 2. The fourth-order valence-electron chi connectivity index (χ4n) is 4.18. The average molecular weight is 360 g/mol. The van der Waals surface area contributed by atoms with Gasteiger partial charge in [-0.15, -0.1) is 0 Å². The van der Waals surface area contributed by atoms with Gasteiger partial charge in [-0.05, 0) is 56.9 Å². The van der Waals surface area contributed by atoms with Gasteiger partial charge in [0.2, 0.25) is 0 Å². The van der Waals surface area contributed by atoms with Gasteiger partial charge in [0, 0.05) is 31.8 Å². The number of carbonyl (C=O) groups is 2. The van der Waals surface area contributed by atoms with Crippen LogP contribution in [-0.2, 0) is 9.53 Å². The Morgan fingerprint density at radius 3 is 2.23 bits per heavy atom. The van der Waals surface area contributed by atoms with E-state index in [1.54, 1.807) is 26.4 Å². The Kier molecular flexibility index (Phi) is 5.51. The van der Waals surface area contributed by atoms with Crippen molar-refractivity contribution in [2.24, 2.45) is 5.92 Å². The van der Waals surface area contributed by atoms with Crippen LogP contribution in [-0.4, -0.2) is 67.1 Å². The van der Waals surface area contributed by atoms with Crippen LogP contribution in [0.5, 0.6) is 5.75 Å². The van der Waals surface area contributed by atoms with Crippen LogP contribution >= 0.6 is 0 Å². The lowest BCUT2D eigenvalue weighted by molar-refractivity contribution is -0.181. The average Bonchev–Trinajstić information content (AvgIpc) is 2.65. The number of likely N-dealkylation sites (tertiary alicyclic amines) is 2. The van der Waals surface area contributed by atoms with Crippen molar-refractivity contribution in [2.75, 3.05) is 27.3 Å². The van der Waals surface area contributed by atoms with Gasteiger partial charge in [-0.3, -0.25) is 9.59 Å². The number of carbonyl (C=O) groups excluding carboxylic acids is 2. The topological polar surface area (TPSA) is 59.1 Å². The van der Waals surface area contributed by atoms with Crippen molar-refractivity contribution < 1.29 is 19.1 Å². The molecule has 0 aromatic heterocycles. The summed E-state index contributed by atoms with van der Waals surface area (Å²) >= 11 is 0. The van der Waals surface area contributed by atoms with Crippen LogP contribution in [0.3, 0.4) is 0 Å². The molecule has 2 atom stereocenters. The van der Waals surface area contributed by atoms with E-state index in [4.69, 9.17) is 9.47 Å². The van der Waals surface area contributed by atoms with E-state index in [1.165, 1.54) is 0 Å². The summed E-state index contributed by atoms with van der Waals surface area (Å²) in [6, 6.07) is 7.54. The number of rotatable bonds is 5. The van der Waals surface area contributed by atoms with Crippen molar-refractivity contribution in [1.82, 2.24) is 9.80 Å². The van der Waals surface area contributed by atoms with Crippen molar-refractivity contribution in [2.45, 2.75) is 44.9 Å². The molecular formula is C20H28N2O4. The predicted molar refractivity (Wildman–Crippen MR) is 98.2 cm³/mol. The first-order valence-corrected chi connectivity index (χ1v) is 9.26. The van der Waals surface area contributed by atoms with E-state index >= 15 is 0 Å². The van der Waals surface area contributed by atoms with Crippen LogP contribution in [0.1, 0.15) is 37.0 Å². The van der Waals surface area contributed by atoms with E-state index in [-0.39, 0.29) is 30.0 Å². The predicted octanol–water partition coefficient (Wildman–Crippen LogP) is 2.18. The molecule has 2 aliphatic rings. The highest BCUT2D eigenvalue weighted by atomic mass is 16.5. The van der Waals surface area contributed by atoms with Gasteiger partial charge in [-0.25, -0.2) is 0 Å². The molecule has 1 aromatic carbocycles. The van der Waals surface area contributed by atoms with Gasteiger partial charge in [0.15, 0.2) is 6.10 Å². The highest BCUT2D eigenvalue weighted by Gasteiger charge is 2.52. The third-order valence-corrected chi connectivity index (χ3v) is 5.59. The molecule has 0 aliphatic carbocycles. The van der Waals surface area contributed by atoms with E-state index < -0.39 is 0 Å². The number of hydrogen-bond acceptors (Lipinski definition) is 4. The molecule has 0 bridgehead atoms. The normalized spacial score (nSPS) is 24.0. The van der Waals surface area contributed by atoms with Gasteiger partial charge in [0.05, 0.1) is 13.2 Å². The molecule has 142 valence electrons. The Morgan fingerprint density at radius 1 is 1.12 bits per heavy atom. The molecular weight excluding hydrogens is 332 g/mol. The zero-order valence-electron chi connectivity index (χ0n) is 16.0. The third kappa shape index (κ3) is 3.30. The molecule has 0 spiro atoms. The molecule has 6 nitrogen and oxygen atoms in total. The van der Waals surface area contributed by atoms with Crippen molar-refractivity contribution in [3.8, 4) is 5.75 Å². The lowest BCUT2D eigenvalue weighted by Gasteiger charge is -2.53. The number of β-lactam (4-membered cyclic amide) rings is 1. The van der Waals surface area contributed by atoms with Gasteiger partial charge in [0.1, 0.15) is 5.75 Å². The van der Waals surface area contributed by atoms with Gasteiger partial charge in [-0.2, -0.15) is 0 Å². The summed E-state index contributed by atoms with van der Waals surface area (Å²) in [5.74, 6) is 1.26. The Labute approximate surface area is 155 Å². The summed E-state index contributed by atoms with van der Waals surface area (Å²) in [5.41, 5.74) is 0.682. The third-order valence-electron chi connectivity index (χ3n) is 5.59. The Morgan fingerprint density at radius 2 is 1.73 bits per heavy atom. The SMILES string of the molecule is COc1ccc(C(=O)N2CCC([C@H]3[C@@H](OC)C(=O)N3C(C)C)CC2)cc1. The quantitative estimate of drug-likeness (QED) is 0.755. The first-order chi connectivity index (χ1) is 12.5. The van der Waals surface area contributed by atoms with E-state index in [1.807, 2.05) is 35.8 Å². The number of ether oxygens (including phenoxy) is 2. The summed E-state index contributed by atoms with van der Waals surface area (Å²) in [6.45, 7) is 5.50. The summed E-state index contributed by atoms with van der Waals surface area (Å²) in [7, 11) is 3.22. The van der Waals surface area contributed by atoms with Crippen LogP contribution in [0.25, 0.3) is 0 Å². The number of amides is 2. The molecule has 2 heterocycles. The van der Waals surface area contributed by atoms with Crippen LogP contribution < -0.4 is 4.74 Å².